The molecule has 0 spiro atoms. The van der Waals surface area contributed by atoms with Crippen molar-refractivity contribution in [2.45, 2.75) is 26.3 Å². The van der Waals surface area contributed by atoms with Gasteiger partial charge in [0.1, 0.15) is 0 Å². The third-order valence-corrected chi connectivity index (χ3v) is 4.60. The van der Waals surface area contributed by atoms with Crippen LogP contribution in [0, 0.1) is 12.8 Å². The van der Waals surface area contributed by atoms with Crippen molar-refractivity contribution in [3.8, 4) is 0 Å². The molecule has 2 rings (SSSR count). The number of ether oxygens (including phenoxy) is 1. The van der Waals surface area contributed by atoms with Crippen LogP contribution in [0.4, 0.5) is 5.13 Å². The highest BCUT2D eigenvalue weighted by Crippen LogP contribution is 2.26. The number of aromatic nitrogens is 1. The van der Waals surface area contributed by atoms with E-state index in [4.69, 9.17) is 4.74 Å². The summed E-state index contributed by atoms with van der Waals surface area (Å²) in [6.07, 6.45) is 2.47. The molecule has 0 saturated carbocycles. The Labute approximate surface area is 113 Å². The molecule has 102 valence electrons. The lowest BCUT2D eigenvalue weighted by Crippen LogP contribution is -2.30. The van der Waals surface area contributed by atoms with Gasteiger partial charge in [0.2, 0.25) is 0 Å². The van der Waals surface area contributed by atoms with E-state index in [2.05, 4.69) is 29.2 Å². The summed E-state index contributed by atoms with van der Waals surface area (Å²) < 4.78 is 5.53. The van der Waals surface area contributed by atoms with Crippen LogP contribution in [0.25, 0.3) is 0 Å². The van der Waals surface area contributed by atoms with Crippen LogP contribution < -0.4 is 10.2 Å². The fourth-order valence-electron chi connectivity index (χ4n) is 2.32. The first kappa shape index (κ1) is 13.8. The first-order chi connectivity index (χ1) is 8.70. The van der Waals surface area contributed by atoms with Crippen molar-refractivity contribution in [1.82, 2.24) is 10.3 Å². The number of nitrogens with zero attached hydrogens (tertiary/aromatic N) is 2. The van der Waals surface area contributed by atoms with Crippen LogP contribution in [0.2, 0.25) is 0 Å². The predicted molar refractivity (Wildman–Crippen MR) is 76.4 cm³/mol. The zero-order valence-corrected chi connectivity index (χ0v) is 12.3. The van der Waals surface area contributed by atoms with Gasteiger partial charge in [-0.25, -0.2) is 4.98 Å². The van der Waals surface area contributed by atoms with Gasteiger partial charge in [-0.2, -0.15) is 0 Å². The Morgan fingerprint density at radius 2 is 2.39 bits per heavy atom. The molecular weight excluding hydrogens is 246 g/mol. The molecular formula is C13H23N3OS. The van der Waals surface area contributed by atoms with Crippen molar-refractivity contribution in [3.63, 3.8) is 0 Å². The molecule has 0 aromatic carbocycles. The van der Waals surface area contributed by atoms with Gasteiger partial charge >= 0.3 is 0 Å². The van der Waals surface area contributed by atoms with Crippen LogP contribution in [0.1, 0.15) is 23.4 Å². The van der Waals surface area contributed by atoms with Crippen LogP contribution in [-0.2, 0) is 11.3 Å². The number of hydrogen-bond donors (Lipinski definition) is 1. The number of thiazole rings is 1. The van der Waals surface area contributed by atoms with Crippen molar-refractivity contribution in [1.29, 1.82) is 0 Å². The highest BCUT2D eigenvalue weighted by atomic mass is 32.1. The van der Waals surface area contributed by atoms with Gasteiger partial charge in [-0.1, -0.05) is 0 Å². The molecule has 1 aromatic heterocycles. The number of rotatable bonds is 5. The molecule has 18 heavy (non-hydrogen) atoms. The van der Waals surface area contributed by atoms with E-state index in [1.165, 1.54) is 17.7 Å². The molecule has 1 atom stereocenters. The molecule has 0 aliphatic carbocycles. The molecule has 1 saturated heterocycles. The van der Waals surface area contributed by atoms with E-state index >= 15 is 0 Å². The van der Waals surface area contributed by atoms with Crippen molar-refractivity contribution in [3.05, 3.63) is 10.6 Å². The van der Waals surface area contributed by atoms with E-state index in [0.717, 1.165) is 37.1 Å². The minimum Gasteiger partial charge on any atom is -0.381 e. The van der Waals surface area contributed by atoms with E-state index < -0.39 is 0 Å². The van der Waals surface area contributed by atoms with Crippen LogP contribution in [-0.4, -0.2) is 38.8 Å². The Hall–Kier alpha value is -0.650. The Morgan fingerprint density at radius 3 is 3.06 bits per heavy atom. The standard InChI is InChI=1S/C13H23N3OS/c1-10-12(7-14-2)18-13(15-10)16(3)8-11-5-4-6-17-9-11/h11,14H,4-9H2,1-3H3. The molecule has 1 unspecified atom stereocenters. The number of nitrogens with one attached hydrogen (secondary N) is 1. The fourth-order valence-corrected chi connectivity index (χ4v) is 3.36. The van der Waals surface area contributed by atoms with E-state index in [-0.39, 0.29) is 0 Å². The van der Waals surface area contributed by atoms with E-state index in [1.807, 2.05) is 7.05 Å². The molecule has 4 nitrogen and oxygen atoms in total. The Kier molecular flexibility index (Phi) is 4.97. The maximum absolute atomic E-state index is 5.53. The summed E-state index contributed by atoms with van der Waals surface area (Å²) in [6, 6.07) is 0. The molecule has 1 aromatic rings. The second-order valence-corrected chi connectivity index (χ2v) is 6.06. The lowest BCUT2D eigenvalue weighted by molar-refractivity contribution is 0.0576. The lowest BCUT2D eigenvalue weighted by Gasteiger charge is -2.26. The Bertz CT molecular complexity index is 374. The lowest BCUT2D eigenvalue weighted by atomic mass is 10.0. The first-order valence-electron chi connectivity index (χ1n) is 6.60. The van der Waals surface area contributed by atoms with Gasteiger partial charge in [0.15, 0.2) is 5.13 Å². The maximum atomic E-state index is 5.53. The SMILES string of the molecule is CNCc1sc(N(C)CC2CCCOC2)nc1C. The first-order valence-corrected chi connectivity index (χ1v) is 7.42. The van der Waals surface area contributed by atoms with Gasteiger partial charge in [0.05, 0.1) is 12.3 Å². The van der Waals surface area contributed by atoms with Crippen LogP contribution in [0.5, 0.6) is 0 Å². The number of hydrogen-bond acceptors (Lipinski definition) is 5. The topological polar surface area (TPSA) is 37.4 Å². The number of anilines is 1. The summed E-state index contributed by atoms with van der Waals surface area (Å²) in [6.45, 7) is 5.88. The van der Waals surface area contributed by atoms with Crippen LogP contribution in [0.3, 0.4) is 0 Å². The average Bonchev–Trinajstić information content (AvgIpc) is 2.73. The number of aryl methyl sites for hydroxylation is 1. The third-order valence-electron chi connectivity index (χ3n) is 3.33. The highest BCUT2D eigenvalue weighted by molar-refractivity contribution is 7.15. The predicted octanol–water partition coefficient (Wildman–Crippen LogP) is 2.03. The molecule has 5 heteroatoms. The molecule has 0 amide bonds. The molecule has 1 aliphatic rings. The molecule has 2 heterocycles. The quantitative estimate of drug-likeness (QED) is 0.887. The zero-order valence-electron chi connectivity index (χ0n) is 11.5. The van der Waals surface area contributed by atoms with Gasteiger partial charge in [0, 0.05) is 31.6 Å². The molecule has 1 aliphatic heterocycles. The largest absolute Gasteiger partial charge is 0.381 e. The van der Waals surface area contributed by atoms with Crippen molar-refractivity contribution in [2.75, 3.05) is 38.8 Å². The molecule has 0 radical (unpaired) electrons. The van der Waals surface area contributed by atoms with Gasteiger partial charge in [-0.05, 0) is 32.7 Å². The smallest absolute Gasteiger partial charge is 0.185 e. The Balaban J connectivity index is 1.95. The Morgan fingerprint density at radius 1 is 1.56 bits per heavy atom. The maximum Gasteiger partial charge on any atom is 0.185 e. The van der Waals surface area contributed by atoms with Gasteiger partial charge in [-0.3, -0.25) is 0 Å². The van der Waals surface area contributed by atoms with Crippen molar-refractivity contribution < 1.29 is 4.74 Å². The van der Waals surface area contributed by atoms with Crippen molar-refractivity contribution >= 4 is 16.5 Å². The summed E-state index contributed by atoms with van der Waals surface area (Å²) >= 11 is 1.79. The molecule has 0 bridgehead atoms. The second-order valence-electron chi connectivity index (χ2n) is 5.00. The van der Waals surface area contributed by atoms with Crippen LogP contribution in [0.15, 0.2) is 0 Å². The summed E-state index contributed by atoms with van der Waals surface area (Å²) in [5.74, 6) is 0.653. The van der Waals surface area contributed by atoms with E-state index in [0.29, 0.717) is 5.92 Å². The normalized spacial score (nSPS) is 20.1. The molecule has 1 N–H and O–H groups in total. The monoisotopic (exact) mass is 269 g/mol. The zero-order chi connectivity index (χ0) is 13.0. The van der Waals surface area contributed by atoms with Crippen LogP contribution >= 0.6 is 11.3 Å². The third kappa shape index (κ3) is 3.43. The van der Waals surface area contributed by atoms with Gasteiger partial charge in [0.25, 0.3) is 0 Å². The minimum absolute atomic E-state index is 0.653. The summed E-state index contributed by atoms with van der Waals surface area (Å²) in [4.78, 5) is 8.26. The van der Waals surface area contributed by atoms with Crippen molar-refractivity contribution in [2.24, 2.45) is 5.92 Å². The average molecular weight is 269 g/mol. The fraction of sp³-hybridized carbons (Fsp3) is 0.769. The van der Waals surface area contributed by atoms with Gasteiger partial charge < -0.3 is 15.0 Å². The second kappa shape index (κ2) is 6.50. The molecule has 1 fully saturated rings. The van der Waals surface area contributed by atoms with E-state index in [1.54, 1.807) is 11.3 Å². The highest BCUT2D eigenvalue weighted by Gasteiger charge is 2.18. The van der Waals surface area contributed by atoms with E-state index in [9.17, 15) is 0 Å². The summed E-state index contributed by atoms with van der Waals surface area (Å²) in [5.41, 5.74) is 1.15. The summed E-state index contributed by atoms with van der Waals surface area (Å²) in [5, 5.41) is 4.32. The minimum atomic E-state index is 0.653. The van der Waals surface area contributed by atoms with Gasteiger partial charge in [-0.15, -0.1) is 11.3 Å². The summed E-state index contributed by atoms with van der Waals surface area (Å²) in [7, 11) is 4.11.